The van der Waals surface area contributed by atoms with Gasteiger partial charge >= 0.3 is 0 Å². The second kappa shape index (κ2) is 16.4. The first-order valence-electron chi connectivity index (χ1n) is 16.1. The van der Waals surface area contributed by atoms with Crippen molar-refractivity contribution in [1.29, 1.82) is 0 Å². The second-order valence-electron chi connectivity index (χ2n) is 14.3. The van der Waals surface area contributed by atoms with Crippen molar-refractivity contribution in [1.82, 2.24) is 0 Å². The number of hydrogen-bond donors (Lipinski definition) is 2. The van der Waals surface area contributed by atoms with Crippen LogP contribution in [0, 0.1) is 16.7 Å². The lowest BCUT2D eigenvalue weighted by Gasteiger charge is -2.36. The van der Waals surface area contributed by atoms with Crippen molar-refractivity contribution in [3.63, 3.8) is 0 Å². The SMILES string of the molecule is CC1=C(/C=C/C(C)=C/CC/C(C)=C/C=C/C=C(\C)CC/C=C(C)/C=C/C2=C[C@H](C)[C@H](O)CC2(C)C)C(C)(C)C[C@@H](O)C1. The predicted octanol–water partition coefficient (Wildman–Crippen LogP) is 10.9. The minimum atomic E-state index is -0.240. The molecule has 2 aliphatic rings. The van der Waals surface area contributed by atoms with Crippen LogP contribution in [0.5, 0.6) is 0 Å². The zero-order valence-electron chi connectivity index (χ0n) is 28.4. The van der Waals surface area contributed by atoms with Crippen molar-refractivity contribution < 1.29 is 10.2 Å². The van der Waals surface area contributed by atoms with E-state index in [1.54, 1.807) is 0 Å². The lowest BCUT2D eigenvalue weighted by atomic mass is 9.71. The molecule has 0 fully saturated rings. The molecular weight excluding hydrogens is 512 g/mol. The van der Waals surface area contributed by atoms with Crippen molar-refractivity contribution in [2.45, 2.75) is 126 Å². The summed E-state index contributed by atoms with van der Waals surface area (Å²) in [5, 5.41) is 20.3. The minimum absolute atomic E-state index is 0.0179. The summed E-state index contributed by atoms with van der Waals surface area (Å²) >= 11 is 0. The molecule has 42 heavy (non-hydrogen) atoms. The van der Waals surface area contributed by atoms with Gasteiger partial charge in [0.05, 0.1) is 12.2 Å². The molecule has 0 aromatic carbocycles. The van der Waals surface area contributed by atoms with E-state index in [2.05, 4.69) is 136 Å². The molecule has 0 aromatic rings. The van der Waals surface area contributed by atoms with Crippen molar-refractivity contribution in [3.05, 3.63) is 106 Å². The smallest absolute Gasteiger partial charge is 0.0608 e. The van der Waals surface area contributed by atoms with Crippen molar-refractivity contribution in [3.8, 4) is 0 Å². The summed E-state index contributed by atoms with van der Waals surface area (Å²) in [4.78, 5) is 0. The molecule has 0 unspecified atom stereocenters. The van der Waals surface area contributed by atoms with E-state index in [0.29, 0.717) is 0 Å². The summed E-state index contributed by atoms with van der Waals surface area (Å²) in [6.07, 6.45) is 30.8. The van der Waals surface area contributed by atoms with Gasteiger partial charge in [-0.1, -0.05) is 129 Å². The number of aliphatic hydroxyl groups excluding tert-OH is 2. The van der Waals surface area contributed by atoms with E-state index >= 15 is 0 Å². The lowest BCUT2D eigenvalue weighted by molar-refractivity contribution is 0.0847. The zero-order valence-corrected chi connectivity index (χ0v) is 28.4. The lowest BCUT2D eigenvalue weighted by Crippen LogP contribution is -2.31. The first kappa shape index (κ1) is 35.8. The van der Waals surface area contributed by atoms with Gasteiger partial charge in [0.2, 0.25) is 0 Å². The van der Waals surface area contributed by atoms with Crippen LogP contribution in [0.3, 0.4) is 0 Å². The molecule has 0 aromatic heterocycles. The van der Waals surface area contributed by atoms with Crippen LogP contribution in [0.25, 0.3) is 0 Å². The van der Waals surface area contributed by atoms with E-state index in [1.807, 2.05) is 0 Å². The Morgan fingerprint density at radius 2 is 1.33 bits per heavy atom. The summed E-state index contributed by atoms with van der Waals surface area (Å²) < 4.78 is 0. The number of aliphatic hydroxyl groups is 2. The van der Waals surface area contributed by atoms with Crippen LogP contribution in [0.15, 0.2) is 106 Å². The Kier molecular flexibility index (Phi) is 14.0. The normalized spacial score (nSPS) is 26.2. The standard InChI is InChI=1S/C40H60O2/c1-29(17-13-19-31(3)21-23-35-25-34(6)38(42)28-39(35,7)8)15-11-12-16-30(2)18-14-20-32(4)22-24-37-33(5)26-36(41)27-40(37,9)10/h11-12,15-16,19-25,34,36,38,41-42H,13-14,17-18,26-28H2,1-10H3/b12-11+,23-21+,24-22+,29-15+,30-16+,31-19+,32-20+/t34-,36-,38+/m0/s1. The fourth-order valence-corrected chi connectivity index (χ4v) is 6.14. The maximum Gasteiger partial charge on any atom is 0.0608 e. The Bertz CT molecular complexity index is 1190. The molecule has 2 N–H and O–H groups in total. The highest BCUT2D eigenvalue weighted by Crippen LogP contribution is 2.41. The average Bonchev–Trinajstić information content (AvgIpc) is 2.86. The number of hydrogen-bond acceptors (Lipinski definition) is 2. The van der Waals surface area contributed by atoms with Gasteiger partial charge < -0.3 is 10.2 Å². The van der Waals surface area contributed by atoms with Crippen LogP contribution in [0.2, 0.25) is 0 Å². The average molecular weight is 573 g/mol. The molecule has 0 saturated carbocycles. The summed E-state index contributed by atoms with van der Waals surface area (Å²) in [5.74, 6) is 0.217. The summed E-state index contributed by atoms with van der Waals surface area (Å²) in [6, 6.07) is 0. The second-order valence-corrected chi connectivity index (χ2v) is 14.3. The highest BCUT2D eigenvalue weighted by Gasteiger charge is 2.32. The minimum Gasteiger partial charge on any atom is -0.393 e. The number of allylic oxidation sites excluding steroid dienone is 16. The molecule has 0 bridgehead atoms. The summed E-state index contributed by atoms with van der Waals surface area (Å²) in [5.41, 5.74) is 9.42. The Balaban J connectivity index is 1.79. The van der Waals surface area contributed by atoms with E-state index in [0.717, 1.165) is 44.9 Å². The molecule has 0 saturated heterocycles. The van der Waals surface area contributed by atoms with Crippen LogP contribution in [0.1, 0.15) is 114 Å². The van der Waals surface area contributed by atoms with Crippen LogP contribution in [-0.2, 0) is 0 Å². The topological polar surface area (TPSA) is 40.5 Å². The van der Waals surface area contributed by atoms with Crippen LogP contribution in [0.4, 0.5) is 0 Å². The molecule has 232 valence electrons. The third-order valence-corrected chi connectivity index (χ3v) is 8.95. The molecule has 2 heteroatoms. The van der Waals surface area contributed by atoms with Gasteiger partial charge in [0.25, 0.3) is 0 Å². The fourth-order valence-electron chi connectivity index (χ4n) is 6.14. The van der Waals surface area contributed by atoms with Gasteiger partial charge in [-0.25, -0.2) is 0 Å². The molecule has 2 rings (SSSR count). The first-order valence-corrected chi connectivity index (χ1v) is 16.1. The molecule has 2 aliphatic carbocycles. The van der Waals surface area contributed by atoms with Gasteiger partial charge in [0.15, 0.2) is 0 Å². The highest BCUT2D eigenvalue weighted by atomic mass is 16.3. The fraction of sp³-hybridized carbons (Fsp3) is 0.550. The maximum atomic E-state index is 10.2. The quantitative estimate of drug-likeness (QED) is 0.228. The van der Waals surface area contributed by atoms with Gasteiger partial charge in [-0.2, -0.15) is 0 Å². The largest absolute Gasteiger partial charge is 0.393 e. The van der Waals surface area contributed by atoms with Crippen LogP contribution in [-0.4, -0.2) is 22.4 Å². The van der Waals surface area contributed by atoms with Gasteiger partial charge in [0.1, 0.15) is 0 Å². The highest BCUT2D eigenvalue weighted by molar-refractivity contribution is 5.37. The maximum absolute atomic E-state index is 10.2. The molecule has 0 spiro atoms. The third kappa shape index (κ3) is 12.1. The third-order valence-electron chi connectivity index (χ3n) is 8.95. The van der Waals surface area contributed by atoms with E-state index in [4.69, 9.17) is 0 Å². The van der Waals surface area contributed by atoms with E-state index in [1.165, 1.54) is 39.0 Å². The van der Waals surface area contributed by atoms with E-state index in [9.17, 15) is 10.2 Å². The summed E-state index contributed by atoms with van der Waals surface area (Å²) in [6.45, 7) is 21.9. The van der Waals surface area contributed by atoms with Gasteiger partial charge in [0, 0.05) is 5.92 Å². The molecule has 0 aliphatic heterocycles. The predicted molar refractivity (Wildman–Crippen MR) is 184 cm³/mol. The van der Waals surface area contributed by atoms with Crippen LogP contribution < -0.4 is 0 Å². The van der Waals surface area contributed by atoms with Crippen LogP contribution >= 0.6 is 0 Å². The molecule has 0 radical (unpaired) electrons. The van der Waals surface area contributed by atoms with Crippen molar-refractivity contribution in [2.24, 2.45) is 16.7 Å². The van der Waals surface area contributed by atoms with Crippen molar-refractivity contribution >= 4 is 0 Å². The monoisotopic (exact) mass is 572 g/mol. The van der Waals surface area contributed by atoms with Gasteiger partial charge in [-0.05, 0) is 102 Å². The zero-order chi connectivity index (χ0) is 31.5. The molecule has 3 atom stereocenters. The Hall–Kier alpha value is -2.42. The summed E-state index contributed by atoms with van der Waals surface area (Å²) in [7, 11) is 0. The first-order chi connectivity index (χ1) is 19.6. The van der Waals surface area contributed by atoms with Gasteiger partial charge in [-0.3, -0.25) is 0 Å². The Morgan fingerprint density at radius 3 is 1.86 bits per heavy atom. The molecule has 2 nitrogen and oxygen atoms in total. The number of rotatable bonds is 12. The van der Waals surface area contributed by atoms with Gasteiger partial charge in [-0.15, -0.1) is 0 Å². The Labute approximate surface area is 258 Å². The molecule has 0 amide bonds. The molecular formula is C40H60O2. The van der Waals surface area contributed by atoms with E-state index < -0.39 is 0 Å². The Morgan fingerprint density at radius 1 is 0.810 bits per heavy atom. The van der Waals surface area contributed by atoms with E-state index in [-0.39, 0.29) is 29.0 Å². The van der Waals surface area contributed by atoms with Crippen molar-refractivity contribution in [2.75, 3.05) is 0 Å². The molecule has 0 heterocycles.